The molecule has 0 saturated carbocycles. The first-order chi connectivity index (χ1) is 3.66. The Balaban J connectivity index is 3.24. The third-order valence-corrected chi connectivity index (χ3v) is 0.651. The van der Waals surface area contributed by atoms with Gasteiger partial charge in [-0.3, -0.25) is 4.79 Å². The minimum Gasteiger partial charge on any atom is -0.481 e. The van der Waals surface area contributed by atoms with Crippen LogP contribution in [0.25, 0.3) is 0 Å². The molecule has 1 radical (unpaired) electrons. The van der Waals surface area contributed by atoms with Gasteiger partial charge in [-0.25, -0.2) is 5.11 Å². The van der Waals surface area contributed by atoms with Crippen molar-refractivity contribution in [2.24, 2.45) is 5.73 Å². The van der Waals surface area contributed by atoms with Gasteiger partial charge >= 0.3 is 5.97 Å². The lowest BCUT2D eigenvalue weighted by Gasteiger charge is -1.99. The molecule has 0 bridgehead atoms. The van der Waals surface area contributed by atoms with E-state index in [4.69, 9.17) is 10.8 Å². The highest BCUT2D eigenvalue weighted by Gasteiger charge is 2.05. The summed E-state index contributed by atoms with van der Waals surface area (Å²) in [6, 6.07) is -0.729. The quantitative estimate of drug-likeness (QED) is 0.509. The van der Waals surface area contributed by atoms with Gasteiger partial charge in [0, 0.05) is 6.04 Å². The van der Waals surface area contributed by atoms with Gasteiger partial charge in [-0.1, -0.05) is 0 Å². The summed E-state index contributed by atoms with van der Waals surface area (Å²) in [5.41, 5.74) is 4.98. The molecule has 0 fully saturated rings. The lowest BCUT2D eigenvalue weighted by atomic mass is 10.2. The standard InChI is InChI=1S/C4H8NO3/c5-3(2-6)1-4(7)8/h3H,1-2,5H2,(H,7,8). The summed E-state index contributed by atoms with van der Waals surface area (Å²) in [7, 11) is 0. The van der Waals surface area contributed by atoms with Crippen molar-refractivity contribution in [2.45, 2.75) is 12.5 Å². The van der Waals surface area contributed by atoms with E-state index in [0.717, 1.165) is 0 Å². The largest absolute Gasteiger partial charge is 0.481 e. The fourth-order valence-electron chi connectivity index (χ4n) is 0.283. The maximum Gasteiger partial charge on any atom is 0.305 e. The fraction of sp³-hybridized carbons (Fsp3) is 0.750. The van der Waals surface area contributed by atoms with Crippen LogP contribution in [0.2, 0.25) is 0 Å². The van der Waals surface area contributed by atoms with E-state index in [0.29, 0.717) is 0 Å². The van der Waals surface area contributed by atoms with Crippen LogP contribution < -0.4 is 5.73 Å². The summed E-state index contributed by atoms with van der Waals surface area (Å²) >= 11 is 0. The number of nitrogens with two attached hydrogens (primary N) is 1. The molecule has 0 aliphatic rings. The van der Waals surface area contributed by atoms with E-state index in [1.807, 2.05) is 0 Å². The van der Waals surface area contributed by atoms with Crippen molar-refractivity contribution in [3.63, 3.8) is 0 Å². The Labute approximate surface area is 46.9 Å². The third-order valence-electron chi connectivity index (χ3n) is 0.651. The Bertz CT molecular complexity index is 83.4. The molecular weight excluding hydrogens is 110 g/mol. The maximum absolute atomic E-state index is 9.78. The maximum atomic E-state index is 9.78. The molecule has 0 rings (SSSR count). The van der Waals surface area contributed by atoms with Crippen LogP contribution in [0.5, 0.6) is 0 Å². The minimum absolute atomic E-state index is 0.233. The summed E-state index contributed by atoms with van der Waals surface area (Å²) in [6.45, 7) is -0.522. The van der Waals surface area contributed by atoms with Crippen molar-refractivity contribution >= 4 is 5.97 Å². The Morgan fingerprint density at radius 2 is 2.25 bits per heavy atom. The van der Waals surface area contributed by atoms with Crippen LogP contribution in [0.1, 0.15) is 6.42 Å². The van der Waals surface area contributed by atoms with Gasteiger partial charge in [0.05, 0.1) is 13.0 Å². The first-order valence-corrected chi connectivity index (χ1v) is 2.22. The monoisotopic (exact) mass is 118 g/mol. The average Bonchev–Trinajstić information content (AvgIpc) is 1.65. The fourth-order valence-corrected chi connectivity index (χ4v) is 0.283. The van der Waals surface area contributed by atoms with Crippen molar-refractivity contribution in [3.05, 3.63) is 0 Å². The van der Waals surface area contributed by atoms with E-state index in [1.54, 1.807) is 0 Å². The van der Waals surface area contributed by atoms with Crippen LogP contribution in [0, 0.1) is 0 Å². The van der Waals surface area contributed by atoms with Crippen molar-refractivity contribution in [1.29, 1.82) is 0 Å². The van der Waals surface area contributed by atoms with Crippen LogP contribution in [0.15, 0.2) is 0 Å². The summed E-state index contributed by atoms with van der Waals surface area (Å²) in [4.78, 5) is 9.75. The van der Waals surface area contributed by atoms with Gasteiger partial charge in [0.25, 0.3) is 0 Å². The van der Waals surface area contributed by atoms with Crippen molar-refractivity contribution in [1.82, 2.24) is 0 Å². The first-order valence-electron chi connectivity index (χ1n) is 2.22. The number of hydrogen-bond donors (Lipinski definition) is 2. The molecule has 0 aromatic rings. The number of hydrogen-bond acceptors (Lipinski definition) is 2. The molecule has 0 heterocycles. The predicted molar refractivity (Wildman–Crippen MR) is 25.8 cm³/mol. The van der Waals surface area contributed by atoms with E-state index in [-0.39, 0.29) is 6.42 Å². The summed E-state index contributed by atoms with van der Waals surface area (Å²) < 4.78 is 0. The molecule has 8 heavy (non-hydrogen) atoms. The summed E-state index contributed by atoms with van der Waals surface area (Å²) in [5, 5.41) is 17.8. The van der Waals surface area contributed by atoms with Gasteiger partial charge in [-0.15, -0.1) is 0 Å². The van der Waals surface area contributed by atoms with Crippen molar-refractivity contribution < 1.29 is 15.0 Å². The van der Waals surface area contributed by atoms with E-state index >= 15 is 0 Å². The molecule has 0 aromatic heterocycles. The molecule has 0 aliphatic carbocycles. The minimum atomic E-state index is -1.02. The number of carboxylic acid groups (broad SMARTS) is 1. The zero-order valence-corrected chi connectivity index (χ0v) is 4.33. The lowest BCUT2D eigenvalue weighted by Crippen LogP contribution is -2.26. The molecule has 0 saturated heterocycles. The van der Waals surface area contributed by atoms with Crippen LogP contribution in [-0.4, -0.2) is 23.7 Å². The van der Waals surface area contributed by atoms with Gasteiger partial charge in [0.15, 0.2) is 0 Å². The van der Waals surface area contributed by atoms with E-state index in [2.05, 4.69) is 0 Å². The molecule has 1 unspecified atom stereocenters. The highest BCUT2D eigenvalue weighted by atomic mass is 16.4. The SMILES string of the molecule is NC(C[O])CC(=O)O. The number of carbonyl (C=O) groups is 1. The molecule has 4 nitrogen and oxygen atoms in total. The molecule has 3 N–H and O–H groups in total. The summed E-state index contributed by atoms with van der Waals surface area (Å²) in [5.74, 6) is -1.02. The number of carboxylic acids is 1. The van der Waals surface area contributed by atoms with Crippen LogP contribution in [0.3, 0.4) is 0 Å². The average molecular weight is 118 g/mol. The molecule has 47 valence electrons. The normalized spacial score (nSPS) is 13.2. The Morgan fingerprint density at radius 1 is 1.75 bits per heavy atom. The highest BCUT2D eigenvalue weighted by molar-refractivity contribution is 5.67. The molecule has 0 amide bonds. The molecule has 0 spiro atoms. The molecule has 0 aliphatic heterocycles. The van der Waals surface area contributed by atoms with Crippen molar-refractivity contribution in [2.75, 3.05) is 6.61 Å². The topological polar surface area (TPSA) is 83.2 Å². The highest BCUT2D eigenvalue weighted by Crippen LogP contribution is 1.84. The van der Waals surface area contributed by atoms with Gasteiger partial charge in [0.2, 0.25) is 0 Å². The lowest BCUT2D eigenvalue weighted by molar-refractivity contribution is -0.137. The second-order valence-corrected chi connectivity index (χ2v) is 1.52. The molecule has 4 heteroatoms. The number of aliphatic carboxylic acids is 1. The van der Waals surface area contributed by atoms with E-state index in [9.17, 15) is 9.90 Å². The van der Waals surface area contributed by atoms with Gasteiger partial charge < -0.3 is 10.8 Å². The van der Waals surface area contributed by atoms with Crippen LogP contribution in [0.4, 0.5) is 0 Å². The zero-order valence-electron chi connectivity index (χ0n) is 4.33. The van der Waals surface area contributed by atoms with E-state index < -0.39 is 18.6 Å². The third kappa shape index (κ3) is 3.58. The smallest absolute Gasteiger partial charge is 0.305 e. The van der Waals surface area contributed by atoms with Gasteiger partial charge in [-0.2, -0.15) is 0 Å². The second kappa shape index (κ2) is 3.40. The second-order valence-electron chi connectivity index (χ2n) is 1.52. The Kier molecular flexibility index (Phi) is 3.14. The first kappa shape index (κ1) is 7.39. The predicted octanol–water partition coefficient (Wildman–Crippen LogP) is -0.781. The Hall–Kier alpha value is -0.610. The van der Waals surface area contributed by atoms with Gasteiger partial charge in [-0.05, 0) is 0 Å². The van der Waals surface area contributed by atoms with Crippen LogP contribution >= 0.6 is 0 Å². The van der Waals surface area contributed by atoms with Gasteiger partial charge in [0.1, 0.15) is 0 Å². The van der Waals surface area contributed by atoms with Crippen LogP contribution in [-0.2, 0) is 9.90 Å². The van der Waals surface area contributed by atoms with Crippen molar-refractivity contribution in [3.8, 4) is 0 Å². The zero-order chi connectivity index (χ0) is 6.57. The molecule has 1 atom stereocenters. The Morgan fingerprint density at radius 3 is 2.38 bits per heavy atom. The van der Waals surface area contributed by atoms with E-state index in [1.165, 1.54) is 0 Å². The molecule has 0 aromatic carbocycles. The number of rotatable bonds is 3. The summed E-state index contributed by atoms with van der Waals surface area (Å²) in [6.07, 6.45) is -0.233. The molecular formula is C4H8NO3.